The van der Waals surface area contributed by atoms with Crippen LogP contribution in [0.4, 0.5) is 5.82 Å². The molecular weight excluding hydrogens is 206 g/mol. The first-order valence-corrected chi connectivity index (χ1v) is 3.99. The Hall–Kier alpha value is -2.12. The normalized spacial score (nSPS) is 12.1. The van der Waals surface area contributed by atoms with Gasteiger partial charge in [-0.15, -0.1) is 4.68 Å². The number of carbonyl (C=O) groups is 1. The second kappa shape index (κ2) is 3.95. The number of ether oxygens (including phenoxy) is 1. The second-order valence-electron chi connectivity index (χ2n) is 2.81. The van der Waals surface area contributed by atoms with Gasteiger partial charge in [0.2, 0.25) is 5.75 Å². The zero-order valence-corrected chi connectivity index (χ0v) is 8.08. The van der Waals surface area contributed by atoms with Crippen molar-refractivity contribution >= 4 is 11.8 Å². The van der Waals surface area contributed by atoms with Crippen LogP contribution in [0.15, 0.2) is 6.20 Å². The van der Waals surface area contributed by atoms with Crippen molar-refractivity contribution in [3.63, 3.8) is 0 Å². The van der Waals surface area contributed by atoms with Crippen LogP contribution < -0.4 is 4.74 Å². The predicted molar refractivity (Wildman–Crippen MR) is 47.6 cm³/mol. The molecular formula is C7H9N3O5. The smallest absolute Gasteiger partial charge is 0.387 e. The number of carboxylic acids is 1. The monoisotopic (exact) mass is 215 g/mol. The summed E-state index contributed by atoms with van der Waals surface area (Å²) >= 11 is 0. The summed E-state index contributed by atoms with van der Waals surface area (Å²) in [4.78, 5) is 20.4. The first-order valence-electron chi connectivity index (χ1n) is 3.99. The van der Waals surface area contributed by atoms with E-state index in [2.05, 4.69) is 5.10 Å². The van der Waals surface area contributed by atoms with Crippen molar-refractivity contribution in [3.05, 3.63) is 16.3 Å². The molecule has 0 fully saturated rings. The first kappa shape index (κ1) is 11.0. The predicted octanol–water partition coefficient (Wildman–Crippen LogP) is 0.180. The SMILES string of the molecule is C[C@@H](Oc1cnn(C)c1[N+](=O)[O-])C(=O)O. The molecule has 1 atom stereocenters. The number of aromatic nitrogens is 2. The van der Waals surface area contributed by atoms with Gasteiger partial charge in [0.05, 0.1) is 0 Å². The van der Waals surface area contributed by atoms with E-state index in [-0.39, 0.29) is 11.6 Å². The van der Waals surface area contributed by atoms with Gasteiger partial charge in [-0.1, -0.05) is 5.10 Å². The average molecular weight is 215 g/mol. The van der Waals surface area contributed by atoms with Crippen molar-refractivity contribution in [1.82, 2.24) is 9.78 Å². The molecule has 1 N–H and O–H groups in total. The van der Waals surface area contributed by atoms with E-state index in [4.69, 9.17) is 9.84 Å². The van der Waals surface area contributed by atoms with Crippen molar-refractivity contribution in [2.24, 2.45) is 7.05 Å². The van der Waals surface area contributed by atoms with E-state index in [9.17, 15) is 14.9 Å². The highest BCUT2D eigenvalue weighted by Gasteiger charge is 2.24. The quantitative estimate of drug-likeness (QED) is 0.567. The Balaban J connectivity index is 2.95. The van der Waals surface area contributed by atoms with Crippen LogP contribution in [-0.2, 0) is 11.8 Å². The second-order valence-corrected chi connectivity index (χ2v) is 2.81. The average Bonchev–Trinajstić information content (AvgIpc) is 2.46. The molecule has 0 aliphatic rings. The van der Waals surface area contributed by atoms with Gasteiger partial charge >= 0.3 is 11.8 Å². The minimum absolute atomic E-state index is 0.155. The molecule has 8 nitrogen and oxygen atoms in total. The van der Waals surface area contributed by atoms with E-state index in [1.165, 1.54) is 14.0 Å². The Kier molecular flexibility index (Phi) is 2.88. The highest BCUT2D eigenvalue weighted by Crippen LogP contribution is 2.26. The fourth-order valence-electron chi connectivity index (χ4n) is 0.943. The van der Waals surface area contributed by atoms with Gasteiger partial charge in [0.15, 0.2) is 6.10 Å². The molecule has 0 aliphatic heterocycles. The lowest BCUT2D eigenvalue weighted by Gasteiger charge is -2.07. The van der Waals surface area contributed by atoms with Gasteiger partial charge in [0.25, 0.3) is 0 Å². The molecule has 1 heterocycles. The van der Waals surface area contributed by atoms with Crippen LogP contribution in [0.2, 0.25) is 0 Å². The summed E-state index contributed by atoms with van der Waals surface area (Å²) < 4.78 is 5.87. The van der Waals surface area contributed by atoms with Crippen LogP contribution >= 0.6 is 0 Å². The van der Waals surface area contributed by atoms with Crippen molar-refractivity contribution in [1.29, 1.82) is 0 Å². The van der Waals surface area contributed by atoms with E-state index in [1.807, 2.05) is 0 Å². The van der Waals surface area contributed by atoms with Crippen LogP contribution in [0.25, 0.3) is 0 Å². The molecule has 8 heteroatoms. The number of hydrogen-bond acceptors (Lipinski definition) is 5. The third-order valence-electron chi connectivity index (χ3n) is 1.70. The molecule has 0 aromatic carbocycles. The summed E-state index contributed by atoms with van der Waals surface area (Å²) in [6, 6.07) is 0. The van der Waals surface area contributed by atoms with Crippen molar-refractivity contribution in [2.75, 3.05) is 0 Å². The van der Waals surface area contributed by atoms with E-state index >= 15 is 0 Å². The molecule has 0 spiro atoms. The maximum absolute atomic E-state index is 10.6. The van der Waals surface area contributed by atoms with E-state index < -0.39 is 17.0 Å². The summed E-state index contributed by atoms with van der Waals surface area (Å²) in [7, 11) is 1.37. The number of carboxylic acid groups (broad SMARTS) is 1. The Bertz CT molecular complexity index is 399. The zero-order valence-electron chi connectivity index (χ0n) is 8.08. The molecule has 1 aromatic rings. The Labute approximate surface area is 84.2 Å². The molecule has 0 unspecified atom stereocenters. The fraction of sp³-hybridized carbons (Fsp3) is 0.429. The summed E-state index contributed by atoms with van der Waals surface area (Å²) in [6.45, 7) is 1.28. The highest BCUT2D eigenvalue weighted by atomic mass is 16.6. The third-order valence-corrected chi connectivity index (χ3v) is 1.70. The standard InChI is InChI=1S/C7H9N3O5/c1-4(7(11)12)15-5-3-8-9(2)6(5)10(13)14/h3-4H,1-2H3,(H,11,12)/t4-/m1/s1. The number of hydrogen-bond donors (Lipinski definition) is 1. The number of aryl methyl sites for hydroxylation is 1. The molecule has 15 heavy (non-hydrogen) atoms. The minimum Gasteiger partial charge on any atom is -0.479 e. The Morgan fingerprint density at radius 3 is 2.87 bits per heavy atom. The molecule has 0 saturated carbocycles. The van der Waals surface area contributed by atoms with Crippen molar-refractivity contribution in [3.8, 4) is 5.75 Å². The lowest BCUT2D eigenvalue weighted by atomic mass is 10.4. The lowest BCUT2D eigenvalue weighted by Crippen LogP contribution is -2.23. The maximum atomic E-state index is 10.6. The molecule has 0 saturated heterocycles. The van der Waals surface area contributed by atoms with E-state index in [0.29, 0.717) is 0 Å². The largest absolute Gasteiger partial charge is 0.479 e. The van der Waals surface area contributed by atoms with Crippen molar-refractivity contribution < 1.29 is 19.6 Å². The van der Waals surface area contributed by atoms with E-state index in [0.717, 1.165) is 10.9 Å². The molecule has 82 valence electrons. The van der Waals surface area contributed by atoms with Gasteiger partial charge in [-0.3, -0.25) is 0 Å². The number of nitro groups is 1. The van der Waals surface area contributed by atoms with Crippen LogP contribution in [0, 0.1) is 10.1 Å². The first-order chi connectivity index (χ1) is 6.93. The van der Waals surface area contributed by atoms with Gasteiger partial charge in [-0.25, -0.2) is 4.79 Å². The third kappa shape index (κ3) is 2.22. The molecule has 0 radical (unpaired) electrons. The number of rotatable bonds is 4. The summed E-state index contributed by atoms with van der Waals surface area (Å²) in [5.41, 5.74) is 0. The van der Waals surface area contributed by atoms with Crippen molar-refractivity contribution in [2.45, 2.75) is 13.0 Å². The Morgan fingerprint density at radius 1 is 1.80 bits per heavy atom. The van der Waals surface area contributed by atoms with Crippen LogP contribution in [-0.4, -0.2) is 31.9 Å². The van der Waals surface area contributed by atoms with Crippen LogP contribution in [0.5, 0.6) is 5.75 Å². The minimum atomic E-state index is -1.20. The van der Waals surface area contributed by atoms with Gasteiger partial charge in [-0.05, 0) is 11.8 Å². The summed E-state index contributed by atoms with van der Waals surface area (Å²) in [5, 5.41) is 22.7. The zero-order chi connectivity index (χ0) is 11.6. The maximum Gasteiger partial charge on any atom is 0.387 e. The lowest BCUT2D eigenvalue weighted by molar-refractivity contribution is -0.393. The topological polar surface area (TPSA) is 107 Å². The van der Waals surface area contributed by atoms with Crippen LogP contribution in [0.1, 0.15) is 6.92 Å². The molecule has 0 bridgehead atoms. The molecule has 1 aromatic heterocycles. The van der Waals surface area contributed by atoms with Crippen LogP contribution in [0.3, 0.4) is 0 Å². The fourth-order valence-corrected chi connectivity index (χ4v) is 0.943. The summed E-state index contributed by atoms with van der Waals surface area (Å²) in [5.74, 6) is -1.73. The Morgan fingerprint density at radius 2 is 2.40 bits per heavy atom. The highest BCUT2D eigenvalue weighted by molar-refractivity contribution is 5.72. The molecule has 1 rings (SSSR count). The molecule has 0 aliphatic carbocycles. The van der Waals surface area contributed by atoms with Gasteiger partial charge in [0, 0.05) is 0 Å². The van der Waals surface area contributed by atoms with Gasteiger partial charge in [0.1, 0.15) is 13.2 Å². The number of nitrogens with zero attached hydrogens (tertiary/aromatic N) is 3. The number of aliphatic carboxylic acids is 1. The molecule has 0 amide bonds. The summed E-state index contributed by atoms with van der Waals surface area (Å²) in [6.07, 6.45) is -0.0506. The van der Waals surface area contributed by atoms with Gasteiger partial charge < -0.3 is 20.0 Å². The van der Waals surface area contributed by atoms with Gasteiger partial charge in [-0.2, -0.15) is 0 Å². The van der Waals surface area contributed by atoms with E-state index in [1.54, 1.807) is 0 Å².